The van der Waals surface area contributed by atoms with Crippen molar-refractivity contribution in [1.29, 1.82) is 0 Å². The van der Waals surface area contributed by atoms with E-state index < -0.39 is 4.92 Å². The van der Waals surface area contributed by atoms with Crippen LogP contribution < -0.4 is 0 Å². The zero-order chi connectivity index (χ0) is 15.7. The van der Waals surface area contributed by atoms with Crippen LogP contribution in [0, 0.1) is 10.1 Å². The van der Waals surface area contributed by atoms with Crippen molar-refractivity contribution in [3.63, 3.8) is 0 Å². The minimum Gasteiger partial charge on any atom is -0.258 e. The third kappa shape index (κ3) is 3.35. The summed E-state index contributed by atoms with van der Waals surface area (Å²) in [5, 5.41) is 12.0. The Bertz CT molecular complexity index is 867. The number of thiazole rings is 1. The molecule has 0 atom stereocenters. The van der Waals surface area contributed by atoms with Crippen LogP contribution in [0.15, 0.2) is 40.7 Å². The number of fused-ring (bicyclic) bond motifs is 1. The zero-order valence-corrected chi connectivity index (χ0v) is 14.1. The van der Waals surface area contributed by atoms with Gasteiger partial charge in [-0.3, -0.25) is 10.1 Å². The Morgan fingerprint density at radius 1 is 1.23 bits per heavy atom. The number of nitro benzene ring substituents is 1. The number of nitro groups is 1. The maximum absolute atomic E-state index is 10.8. The van der Waals surface area contributed by atoms with Gasteiger partial charge >= 0.3 is 0 Å². The van der Waals surface area contributed by atoms with Crippen molar-refractivity contribution >= 4 is 62.2 Å². The number of aromatic nitrogens is 1. The lowest BCUT2D eigenvalue weighted by Gasteiger charge is -2.02. The Balaban J connectivity index is 1.80. The molecule has 0 aliphatic heterocycles. The van der Waals surface area contributed by atoms with Crippen LogP contribution in [0.4, 0.5) is 5.69 Å². The first-order chi connectivity index (χ1) is 10.5. The van der Waals surface area contributed by atoms with E-state index in [9.17, 15) is 10.1 Å². The maximum atomic E-state index is 10.8. The van der Waals surface area contributed by atoms with Crippen LogP contribution in [0.25, 0.3) is 10.2 Å². The maximum Gasteiger partial charge on any atom is 0.270 e. The minimum absolute atomic E-state index is 0.0773. The summed E-state index contributed by atoms with van der Waals surface area (Å²) in [6.07, 6.45) is 0. The number of hydrogen-bond acceptors (Lipinski definition) is 5. The number of halogens is 2. The Kier molecular flexibility index (Phi) is 4.54. The van der Waals surface area contributed by atoms with Gasteiger partial charge in [-0.05, 0) is 23.8 Å². The summed E-state index contributed by atoms with van der Waals surface area (Å²) in [5.41, 5.74) is 1.81. The van der Waals surface area contributed by atoms with Gasteiger partial charge in [0.25, 0.3) is 5.69 Å². The van der Waals surface area contributed by atoms with E-state index in [1.54, 1.807) is 36.0 Å². The van der Waals surface area contributed by atoms with Crippen molar-refractivity contribution in [3.05, 3.63) is 62.1 Å². The molecule has 0 aliphatic carbocycles. The number of nitrogens with zero attached hydrogens (tertiary/aromatic N) is 2. The topological polar surface area (TPSA) is 56.0 Å². The van der Waals surface area contributed by atoms with Gasteiger partial charge in [0.1, 0.15) is 0 Å². The fraction of sp³-hybridized carbons (Fsp3) is 0.0714. The fourth-order valence-electron chi connectivity index (χ4n) is 1.85. The minimum atomic E-state index is -0.403. The Morgan fingerprint density at radius 3 is 2.77 bits per heavy atom. The van der Waals surface area contributed by atoms with Crippen LogP contribution >= 0.6 is 46.3 Å². The molecule has 0 bridgehead atoms. The van der Waals surface area contributed by atoms with Gasteiger partial charge in [-0.2, -0.15) is 0 Å². The summed E-state index contributed by atoms with van der Waals surface area (Å²) < 4.78 is 1.65. The number of benzene rings is 2. The molecular formula is C14H8Cl2N2O2S2. The molecule has 0 amide bonds. The van der Waals surface area contributed by atoms with Crippen LogP contribution in [0.5, 0.6) is 0 Å². The first-order valence-corrected chi connectivity index (χ1v) is 8.70. The van der Waals surface area contributed by atoms with Gasteiger partial charge in [0, 0.05) is 27.9 Å². The lowest BCUT2D eigenvalue weighted by atomic mass is 10.2. The lowest BCUT2D eigenvalue weighted by Crippen LogP contribution is -1.85. The van der Waals surface area contributed by atoms with E-state index in [2.05, 4.69) is 4.98 Å². The molecule has 0 N–H and O–H groups in total. The van der Waals surface area contributed by atoms with E-state index in [4.69, 9.17) is 23.2 Å². The molecule has 8 heteroatoms. The molecule has 0 aliphatic rings. The number of non-ortho nitro benzene ring substituents is 1. The molecule has 3 rings (SSSR count). The highest BCUT2D eigenvalue weighted by Crippen LogP contribution is 2.34. The molecule has 4 nitrogen and oxygen atoms in total. The lowest BCUT2D eigenvalue weighted by molar-refractivity contribution is -0.384. The van der Waals surface area contributed by atoms with E-state index >= 15 is 0 Å². The van der Waals surface area contributed by atoms with E-state index in [0.29, 0.717) is 15.8 Å². The van der Waals surface area contributed by atoms with Crippen molar-refractivity contribution in [2.45, 2.75) is 10.1 Å². The van der Waals surface area contributed by atoms with Gasteiger partial charge in [-0.1, -0.05) is 41.0 Å². The molecule has 112 valence electrons. The summed E-state index contributed by atoms with van der Waals surface area (Å²) in [6, 6.07) is 10.1. The summed E-state index contributed by atoms with van der Waals surface area (Å²) in [4.78, 5) is 14.8. The standard InChI is InChI=1S/C14H8Cl2N2O2S2/c15-9-2-1-8(11(16)5-9)7-21-14-17-12-4-3-10(18(19)20)6-13(12)22-14/h1-6H,7H2. The fourth-order valence-corrected chi connectivity index (χ4v) is 4.51. The van der Waals surface area contributed by atoms with E-state index in [1.165, 1.54) is 17.4 Å². The Morgan fingerprint density at radius 2 is 2.05 bits per heavy atom. The molecule has 3 aromatic rings. The monoisotopic (exact) mass is 370 g/mol. The number of rotatable bonds is 4. The first kappa shape index (κ1) is 15.6. The second-order valence-electron chi connectivity index (χ2n) is 4.41. The van der Waals surface area contributed by atoms with Crippen LogP contribution in [0.3, 0.4) is 0 Å². The molecule has 2 aromatic carbocycles. The molecule has 0 spiro atoms. The van der Waals surface area contributed by atoms with Crippen LogP contribution in [-0.2, 0) is 5.75 Å². The van der Waals surface area contributed by atoms with Gasteiger partial charge in [-0.25, -0.2) is 4.98 Å². The molecule has 0 unspecified atom stereocenters. The predicted molar refractivity (Wildman–Crippen MR) is 92.3 cm³/mol. The summed E-state index contributed by atoms with van der Waals surface area (Å²) in [6.45, 7) is 0. The third-order valence-electron chi connectivity index (χ3n) is 2.93. The summed E-state index contributed by atoms with van der Waals surface area (Å²) in [5.74, 6) is 0.665. The second kappa shape index (κ2) is 6.42. The highest BCUT2D eigenvalue weighted by molar-refractivity contribution is 8.00. The highest BCUT2D eigenvalue weighted by Gasteiger charge is 2.11. The first-order valence-electron chi connectivity index (χ1n) is 6.14. The molecule has 0 saturated carbocycles. The molecule has 1 aromatic heterocycles. The molecular weight excluding hydrogens is 363 g/mol. The van der Waals surface area contributed by atoms with Crippen molar-refractivity contribution in [2.75, 3.05) is 0 Å². The van der Waals surface area contributed by atoms with Gasteiger partial charge in [-0.15, -0.1) is 11.3 Å². The average molecular weight is 371 g/mol. The van der Waals surface area contributed by atoms with Crippen molar-refractivity contribution < 1.29 is 4.92 Å². The third-order valence-corrected chi connectivity index (χ3v) is 5.73. The quantitative estimate of drug-likeness (QED) is 0.330. The summed E-state index contributed by atoms with van der Waals surface area (Å²) in [7, 11) is 0. The predicted octanol–water partition coefficient (Wildman–Crippen LogP) is 5.80. The van der Waals surface area contributed by atoms with Crippen LogP contribution in [0.2, 0.25) is 10.0 Å². The van der Waals surface area contributed by atoms with Crippen LogP contribution in [-0.4, -0.2) is 9.91 Å². The largest absolute Gasteiger partial charge is 0.270 e. The Labute approximate surface area is 144 Å². The number of thioether (sulfide) groups is 1. The molecule has 0 fully saturated rings. The Hall–Kier alpha value is -1.34. The molecule has 0 saturated heterocycles. The smallest absolute Gasteiger partial charge is 0.258 e. The van der Waals surface area contributed by atoms with Crippen LogP contribution in [0.1, 0.15) is 5.56 Å². The zero-order valence-electron chi connectivity index (χ0n) is 11.0. The molecule has 1 heterocycles. The normalized spacial score (nSPS) is 11.0. The molecule has 22 heavy (non-hydrogen) atoms. The van der Waals surface area contributed by atoms with Crippen molar-refractivity contribution in [1.82, 2.24) is 4.98 Å². The molecule has 0 radical (unpaired) electrons. The van der Waals surface area contributed by atoms with E-state index in [0.717, 1.165) is 20.1 Å². The average Bonchev–Trinajstić information content (AvgIpc) is 2.88. The van der Waals surface area contributed by atoms with Crippen molar-refractivity contribution in [2.24, 2.45) is 0 Å². The summed E-state index contributed by atoms with van der Waals surface area (Å²) >= 11 is 15.0. The second-order valence-corrected chi connectivity index (χ2v) is 7.51. The number of hydrogen-bond donors (Lipinski definition) is 0. The van der Waals surface area contributed by atoms with Gasteiger partial charge < -0.3 is 0 Å². The SMILES string of the molecule is O=[N+]([O-])c1ccc2nc(SCc3ccc(Cl)cc3Cl)sc2c1. The van der Waals surface area contributed by atoms with Gasteiger partial charge in [0.2, 0.25) is 0 Å². The van der Waals surface area contributed by atoms with Gasteiger partial charge in [0.05, 0.1) is 15.1 Å². The van der Waals surface area contributed by atoms with E-state index in [-0.39, 0.29) is 5.69 Å². The van der Waals surface area contributed by atoms with Crippen molar-refractivity contribution in [3.8, 4) is 0 Å². The van der Waals surface area contributed by atoms with E-state index in [1.807, 2.05) is 6.07 Å². The van der Waals surface area contributed by atoms with Gasteiger partial charge in [0.15, 0.2) is 4.34 Å². The highest BCUT2D eigenvalue weighted by atomic mass is 35.5.